The van der Waals surface area contributed by atoms with Crippen molar-refractivity contribution in [1.29, 1.82) is 0 Å². The number of pyridine rings is 1. The fourth-order valence-corrected chi connectivity index (χ4v) is 4.06. The molecule has 6 heteroatoms. The highest BCUT2D eigenvalue weighted by Gasteiger charge is 2.28. The first kappa shape index (κ1) is 19.7. The monoisotopic (exact) mass is 417 g/mol. The zero-order valence-electron chi connectivity index (χ0n) is 17.1. The van der Waals surface area contributed by atoms with E-state index in [0.717, 1.165) is 35.6 Å². The molecule has 2 aromatic heterocycles. The van der Waals surface area contributed by atoms with E-state index in [-0.39, 0.29) is 11.9 Å². The van der Waals surface area contributed by atoms with Crippen molar-refractivity contribution < 1.29 is 13.9 Å². The van der Waals surface area contributed by atoms with Gasteiger partial charge in [-0.3, -0.25) is 0 Å². The Balaban J connectivity index is 1.25. The minimum absolute atomic E-state index is 0.246. The third-order valence-corrected chi connectivity index (χ3v) is 5.52. The Bertz CT molecular complexity index is 1180. The predicted molar refractivity (Wildman–Crippen MR) is 117 cm³/mol. The highest BCUT2D eigenvalue weighted by atomic mass is 19.1. The van der Waals surface area contributed by atoms with Crippen LogP contribution in [0.1, 0.15) is 28.6 Å². The van der Waals surface area contributed by atoms with Gasteiger partial charge in [-0.2, -0.15) is 0 Å². The SMILES string of the molecule is Fc1cc(OCCOCc2ccccc2)ccc1C1NCCc2nc3ccccn3c21. The van der Waals surface area contributed by atoms with E-state index in [1.54, 1.807) is 6.07 Å². The number of fused-ring (bicyclic) bond motifs is 3. The van der Waals surface area contributed by atoms with Crippen molar-refractivity contribution in [2.24, 2.45) is 0 Å². The maximum absolute atomic E-state index is 15.1. The first-order chi connectivity index (χ1) is 15.3. The number of aromatic nitrogens is 2. The van der Waals surface area contributed by atoms with Crippen molar-refractivity contribution in [2.75, 3.05) is 19.8 Å². The molecule has 0 saturated heterocycles. The molecule has 0 aliphatic carbocycles. The second-order valence-corrected chi connectivity index (χ2v) is 7.58. The number of halogens is 1. The average molecular weight is 417 g/mol. The number of ether oxygens (including phenoxy) is 2. The molecule has 3 heterocycles. The fraction of sp³-hybridized carbons (Fsp3) is 0.240. The highest BCUT2D eigenvalue weighted by molar-refractivity contribution is 5.47. The summed E-state index contributed by atoms with van der Waals surface area (Å²) in [5.74, 6) is 0.206. The average Bonchev–Trinajstić information content (AvgIpc) is 3.19. The first-order valence-corrected chi connectivity index (χ1v) is 10.5. The molecule has 0 amide bonds. The second kappa shape index (κ2) is 8.88. The summed E-state index contributed by atoms with van der Waals surface area (Å²) in [6.45, 7) is 2.10. The first-order valence-electron chi connectivity index (χ1n) is 10.5. The Morgan fingerprint density at radius 2 is 1.90 bits per heavy atom. The van der Waals surface area contributed by atoms with Gasteiger partial charge in [0.1, 0.15) is 23.8 Å². The van der Waals surface area contributed by atoms with Gasteiger partial charge in [-0.15, -0.1) is 0 Å². The normalized spacial score (nSPS) is 15.7. The van der Waals surface area contributed by atoms with E-state index in [2.05, 4.69) is 5.32 Å². The van der Waals surface area contributed by atoms with Gasteiger partial charge in [0.15, 0.2) is 0 Å². The molecule has 1 unspecified atom stereocenters. The Labute approximate surface area is 180 Å². The second-order valence-electron chi connectivity index (χ2n) is 7.58. The van der Waals surface area contributed by atoms with Gasteiger partial charge in [0.2, 0.25) is 0 Å². The lowest BCUT2D eigenvalue weighted by atomic mass is 9.97. The lowest BCUT2D eigenvalue weighted by molar-refractivity contribution is 0.0888. The molecule has 0 fully saturated rings. The molecule has 0 bridgehead atoms. The van der Waals surface area contributed by atoms with Crippen LogP contribution < -0.4 is 10.1 Å². The summed E-state index contributed by atoms with van der Waals surface area (Å²) in [6, 6.07) is 20.7. The van der Waals surface area contributed by atoms with Gasteiger partial charge in [0.05, 0.1) is 30.6 Å². The van der Waals surface area contributed by atoms with Crippen LogP contribution >= 0.6 is 0 Å². The topological polar surface area (TPSA) is 47.8 Å². The minimum Gasteiger partial charge on any atom is -0.491 e. The Morgan fingerprint density at radius 3 is 2.77 bits per heavy atom. The highest BCUT2D eigenvalue weighted by Crippen LogP contribution is 2.32. The molecule has 0 saturated carbocycles. The van der Waals surface area contributed by atoms with Crippen molar-refractivity contribution in [3.05, 3.63) is 101 Å². The Morgan fingerprint density at radius 1 is 1.03 bits per heavy atom. The Kier molecular flexibility index (Phi) is 5.65. The van der Waals surface area contributed by atoms with Gasteiger partial charge in [0.25, 0.3) is 0 Å². The molecule has 31 heavy (non-hydrogen) atoms. The number of hydrogen-bond donors (Lipinski definition) is 1. The molecule has 1 N–H and O–H groups in total. The number of nitrogens with zero attached hydrogens (tertiary/aromatic N) is 2. The van der Waals surface area contributed by atoms with Gasteiger partial charge in [-0.05, 0) is 23.8 Å². The molecule has 158 valence electrons. The van der Waals surface area contributed by atoms with E-state index >= 15 is 4.39 Å². The smallest absolute Gasteiger partial charge is 0.137 e. The standard InChI is InChI=1S/C25H24FN3O2/c26-21-16-19(31-15-14-30-17-18-6-2-1-3-7-18)9-10-20(21)24-25-22(11-12-27-24)28-23-8-4-5-13-29(23)25/h1-10,13,16,24,27H,11-12,14-15,17H2. The van der Waals surface area contributed by atoms with Crippen LogP contribution in [-0.4, -0.2) is 29.1 Å². The van der Waals surface area contributed by atoms with Gasteiger partial charge >= 0.3 is 0 Å². The van der Waals surface area contributed by atoms with E-state index in [9.17, 15) is 0 Å². The molecule has 5 nitrogen and oxygen atoms in total. The summed E-state index contributed by atoms with van der Waals surface area (Å²) in [5, 5.41) is 3.44. The lowest BCUT2D eigenvalue weighted by Gasteiger charge is -2.25. The molecule has 0 radical (unpaired) electrons. The number of hydrogen-bond acceptors (Lipinski definition) is 4. The van der Waals surface area contributed by atoms with Gasteiger partial charge in [-0.1, -0.05) is 42.5 Å². The van der Waals surface area contributed by atoms with Gasteiger partial charge in [-0.25, -0.2) is 9.37 Å². The molecule has 5 rings (SSSR count). The summed E-state index contributed by atoms with van der Waals surface area (Å²) < 4.78 is 28.4. The zero-order chi connectivity index (χ0) is 21.0. The number of benzene rings is 2. The van der Waals surface area contributed by atoms with Gasteiger partial charge < -0.3 is 19.2 Å². The maximum atomic E-state index is 15.1. The van der Waals surface area contributed by atoms with Crippen LogP contribution in [0.4, 0.5) is 4.39 Å². The Hall–Kier alpha value is -3.22. The quantitative estimate of drug-likeness (QED) is 0.456. The molecule has 1 aliphatic heterocycles. The summed E-state index contributed by atoms with van der Waals surface area (Å²) in [7, 11) is 0. The van der Waals surface area contributed by atoms with Crippen molar-refractivity contribution in [3.63, 3.8) is 0 Å². The molecule has 0 spiro atoms. The molecular weight excluding hydrogens is 393 g/mol. The number of rotatable bonds is 7. The van der Waals surface area contributed by atoms with E-state index in [4.69, 9.17) is 14.5 Å². The van der Waals surface area contributed by atoms with E-state index < -0.39 is 0 Å². The number of nitrogens with one attached hydrogen (secondary N) is 1. The summed E-state index contributed by atoms with van der Waals surface area (Å²) >= 11 is 0. The molecule has 1 aliphatic rings. The van der Waals surface area contributed by atoms with Crippen molar-refractivity contribution in [3.8, 4) is 5.75 Å². The molecular formula is C25H24FN3O2. The fourth-order valence-electron chi connectivity index (χ4n) is 4.06. The summed E-state index contributed by atoms with van der Waals surface area (Å²) in [5.41, 5.74) is 4.62. The maximum Gasteiger partial charge on any atom is 0.137 e. The number of imidazole rings is 1. The summed E-state index contributed by atoms with van der Waals surface area (Å²) in [4.78, 5) is 4.72. The van der Waals surface area contributed by atoms with Crippen LogP contribution in [0.5, 0.6) is 5.75 Å². The van der Waals surface area contributed by atoms with Crippen molar-refractivity contribution in [1.82, 2.24) is 14.7 Å². The van der Waals surface area contributed by atoms with Crippen LogP contribution in [0.25, 0.3) is 5.65 Å². The third kappa shape index (κ3) is 4.17. The van der Waals surface area contributed by atoms with Crippen molar-refractivity contribution >= 4 is 5.65 Å². The summed E-state index contributed by atoms with van der Waals surface area (Å²) in [6.07, 6.45) is 2.81. The van der Waals surface area contributed by atoms with Crippen LogP contribution in [0, 0.1) is 5.82 Å². The molecule has 1 atom stereocenters. The van der Waals surface area contributed by atoms with Gasteiger partial charge in [0, 0.05) is 30.8 Å². The van der Waals surface area contributed by atoms with E-state index in [1.807, 2.05) is 65.2 Å². The zero-order valence-corrected chi connectivity index (χ0v) is 17.1. The minimum atomic E-state index is -0.293. The van der Waals surface area contributed by atoms with E-state index in [0.29, 0.717) is 31.1 Å². The predicted octanol–water partition coefficient (Wildman–Crippen LogP) is 4.30. The van der Waals surface area contributed by atoms with E-state index in [1.165, 1.54) is 6.07 Å². The van der Waals surface area contributed by atoms with Crippen molar-refractivity contribution in [2.45, 2.75) is 19.1 Å². The third-order valence-electron chi connectivity index (χ3n) is 5.52. The largest absolute Gasteiger partial charge is 0.491 e. The lowest BCUT2D eigenvalue weighted by Crippen LogP contribution is -2.32. The van der Waals surface area contributed by atoms with Crippen LogP contribution in [0.2, 0.25) is 0 Å². The van der Waals surface area contributed by atoms with Crippen LogP contribution in [0.3, 0.4) is 0 Å². The van der Waals surface area contributed by atoms with Crippen LogP contribution in [-0.2, 0) is 17.8 Å². The van der Waals surface area contributed by atoms with Crippen LogP contribution in [0.15, 0.2) is 72.9 Å². The molecule has 4 aromatic rings. The molecule has 2 aromatic carbocycles.